The summed E-state index contributed by atoms with van der Waals surface area (Å²) in [5.74, 6) is -1.87. The highest BCUT2D eigenvalue weighted by molar-refractivity contribution is 5.90. The summed E-state index contributed by atoms with van der Waals surface area (Å²) in [6.45, 7) is 0.210. The number of methoxy groups -OCH3 is 1. The number of nitrogens with zero attached hydrogens (tertiary/aromatic N) is 2. The number of aromatic amines is 1. The van der Waals surface area contributed by atoms with E-state index < -0.39 is 24.3 Å². The molecule has 2 aromatic heterocycles. The van der Waals surface area contributed by atoms with E-state index in [1.54, 1.807) is 6.07 Å². The lowest BCUT2D eigenvalue weighted by atomic mass is 9.93. The molecule has 0 saturated heterocycles. The van der Waals surface area contributed by atoms with Crippen molar-refractivity contribution in [2.45, 2.75) is 25.6 Å². The average molecular weight is 409 g/mol. The lowest BCUT2D eigenvalue weighted by Gasteiger charge is -2.23. The molecule has 0 spiro atoms. The number of halogens is 3. The number of carboxylic acid groups (broad SMARTS) is 1. The number of alkyl halides is 3. The van der Waals surface area contributed by atoms with Gasteiger partial charge in [-0.2, -0.15) is 13.2 Å². The summed E-state index contributed by atoms with van der Waals surface area (Å²) in [5.41, 5.74) is 1.17. The smallest absolute Gasteiger partial charge is 0.434 e. The molecule has 3 aromatic rings. The van der Waals surface area contributed by atoms with Gasteiger partial charge in [0.05, 0.1) is 24.8 Å². The minimum absolute atomic E-state index is 0.0887. The Morgan fingerprint density at radius 2 is 2.10 bits per heavy atom. The van der Waals surface area contributed by atoms with Gasteiger partial charge in [-0.1, -0.05) is 0 Å². The van der Waals surface area contributed by atoms with Crippen LogP contribution in [-0.2, 0) is 19.4 Å². The summed E-state index contributed by atoms with van der Waals surface area (Å²) in [5, 5.41) is 15.3. The Balaban J connectivity index is 1.97. The summed E-state index contributed by atoms with van der Waals surface area (Å²) in [6.07, 6.45) is -5.39. The molecule has 0 saturated carbocycles. The van der Waals surface area contributed by atoms with Gasteiger partial charge in [-0.15, -0.1) is 5.10 Å². The lowest BCUT2D eigenvalue weighted by molar-refractivity contribution is -0.127. The van der Waals surface area contributed by atoms with Gasteiger partial charge in [0.1, 0.15) is 11.4 Å². The zero-order valence-electron chi connectivity index (χ0n) is 15.0. The van der Waals surface area contributed by atoms with Gasteiger partial charge in [-0.05, 0) is 35.7 Å². The second-order valence-corrected chi connectivity index (χ2v) is 6.53. The van der Waals surface area contributed by atoms with Crippen molar-refractivity contribution in [3.05, 3.63) is 45.6 Å². The maximum Gasteiger partial charge on any atom is 0.434 e. The van der Waals surface area contributed by atoms with Gasteiger partial charge in [0.15, 0.2) is 0 Å². The van der Waals surface area contributed by atoms with Gasteiger partial charge in [0.2, 0.25) is 0 Å². The average Bonchev–Trinajstić information content (AvgIpc) is 3.23. The molecule has 8 nitrogen and oxygen atoms in total. The third-order valence-corrected chi connectivity index (χ3v) is 4.74. The topological polar surface area (TPSA) is 110 Å². The Labute approximate surface area is 160 Å². The fourth-order valence-electron chi connectivity index (χ4n) is 3.65. The van der Waals surface area contributed by atoms with Crippen LogP contribution in [0.25, 0.3) is 22.7 Å². The standard InChI is InChI=1S/C18H14F3N3O5/c1-28-13-5-8-2-3-24-12(16(25)26)4-9(7-18(19,20)21)14(24)10(8)6-11(13)15-22-23-17(27)29-15/h4-6H,2-3,7H2,1H3,(H,23,27)(H,25,26). The van der Waals surface area contributed by atoms with Crippen LogP contribution in [0.1, 0.15) is 21.6 Å². The van der Waals surface area contributed by atoms with E-state index in [9.17, 15) is 27.9 Å². The predicted octanol–water partition coefficient (Wildman–Crippen LogP) is 2.87. The van der Waals surface area contributed by atoms with Crippen LogP contribution >= 0.6 is 0 Å². The highest BCUT2D eigenvalue weighted by atomic mass is 19.4. The Kier molecular flexibility index (Phi) is 4.25. The number of aryl methyl sites for hydroxylation is 1. The number of ether oxygens (including phenoxy) is 1. The molecule has 0 radical (unpaired) electrons. The molecule has 29 heavy (non-hydrogen) atoms. The molecule has 0 fully saturated rings. The second-order valence-electron chi connectivity index (χ2n) is 6.53. The molecule has 0 atom stereocenters. The monoisotopic (exact) mass is 409 g/mol. The number of carbonyl (C=O) groups is 1. The number of aromatic nitrogens is 3. The van der Waals surface area contributed by atoms with Gasteiger partial charge in [0, 0.05) is 12.1 Å². The number of benzene rings is 1. The minimum Gasteiger partial charge on any atom is -0.496 e. The van der Waals surface area contributed by atoms with Gasteiger partial charge in [0.25, 0.3) is 5.89 Å². The fraction of sp³-hybridized carbons (Fsp3) is 0.278. The van der Waals surface area contributed by atoms with Crippen LogP contribution < -0.4 is 10.5 Å². The van der Waals surface area contributed by atoms with Crippen molar-refractivity contribution in [2.24, 2.45) is 0 Å². The zero-order chi connectivity index (χ0) is 20.9. The van der Waals surface area contributed by atoms with E-state index in [-0.39, 0.29) is 35.0 Å². The number of nitrogens with one attached hydrogen (secondary N) is 1. The lowest BCUT2D eigenvalue weighted by Crippen LogP contribution is -2.17. The van der Waals surface area contributed by atoms with Crippen molar-refractivity contribution in [2.75, 3.05) is 7.11 Å². The molecule has 3 heterocycles. The van der Waals surface area contributed by atoms with Crippen molar-refractivity contribution in [1.82, 2.24) is 14.8 Å². The van der Waals surface area contributed by atoms with Crippen molar-refractivity contribution in [3.63, 3.8) is 0 Å². The Bertz CT molecular complexity index is 1170. The number of rotatable bonds is 4. The van der Waals surface area contributed by atoms with E-state index >= 15 is 0 Å². The van der Waals surface area contributed by atoms with Crippen molar-refractivity contribution in [1.29, 1.82) is 0 Å². The summed E-state index contributed by atoms with van der Waals surface area (Å²) in [4.78, 5) is 22.9. The molecule has 1 aliphatic rings. The molecule has 1 aliphatic heterocycles. The molecule has 0 bridgehead atoms. The number of aromatic carboxylic acids is 1. The second kappa shape index (κ2) is 6.54. The van der Waals surface area contributed by atoms with Gasteiger partial charge >= 0.3 is 17.9 Å². The summed E-state index contributed by atoms with van der Waals surface area (Å²) in [6, 6.07) is 4.19. The van der Waals surface area contributed by atoms with E-state index in [1.165, 1.54) is 17.7 Å². The molecule has 152 valence electrons. The summed E-state index contributed by atoms with van der Waals surface area (Å²) >= 11 is 0. The van der Waals surface area contributed by atoms with Crippen molar-refractivity contribution < 1.29 is 32.2 Å². The van der Waals surface area contributed by atoms with E-state index in [2.05, 4.69) is 10.2 Å². The normalized spacial score (nSPS) is 13.1. The molecule has 11 heteroatoms. The van der Waals surface area contributed by atoms with E-state index in [0.29, 0.717) is 23.3 Å². The maximum absolute atomic E-state index is 13.1. The fourth-order valence-corrected chi connectivity index (χ4v) is 3.65. The van der Waals surface area contributed by atoms with E-state index in [0.717, 1.165) is 6.07 Å². The molecule has 0 unspecified atom stereocenters. The van der Waals surface area contributed by atoms with Crippen LogP contribution in [-0.4, -0.2) is 39.1 Å². The van der Waals surface area contributed by atoms with Crippen molar-refractivity contribution >= 4 is 5.97 Å². The van der Waals surface area contributed by atoms with Crippen LogP contribution in [0.2, 0.25) is 0 Å². The Hall–Kier alpha value is -3.50. The van der Waals surface area contributed by atoms with Crippen LogP contribution in [0.15, 0.2) is 27.4 Å². The van der Waals surface area contributed by atoms with Crippen LogP contribution in [0.5, 0.6) is 5.75 Å². The number of hydrogen-bond donors (Lipinski definition) is 2. The quantitative estimate of drug-likeness (QED) is 0.686. The molecule has 0 amide bonds. The number of H-pyrrole nitrogens is 1. The van der Waals surface area contributed by atoms with Gasteiger partial charge in [-0.25, -0.2) is 14.7 Å². The first-order chi connectivity index (χ1) is 13.7. The highest BCUT2D eigenvalue weighted by Crippen LogP contribution is 2.42. The molecule has 2 N–H and O–H groups in total. The van der Waals surface area contributed by atoms with E-state index in [4.69, 9.17) is 9.15 Å². The maximum atomic E-state index is 13.1. The zero-order valence-corrected chi connectivity index (χ0v) is 15.0. The molecule has 0 aliphatic carbocycles. The molecule has 1 aromatic carbocycles. The van der Waals surface area contributed by atoms with Crippen molar-refractivity contribution in [3.8, 4) is 28.5 Å². The van der Waals surface area contributed by atoms with Crippen LogP contribution in [0, 0.1) is 0 Å². The third kappa shape index (κ3) is 3.28. The number of fused-ring (bicyclic) bond motifs is 3. The Morgan fingerprint density at radius 3 is 2.69 bits per heavy atom. The summed E-state index contributed by atoms with van der Waals surface area (Å²) in [7, 11) is 1.40. The number of carboxylic acids is 1. The first kappa shape index (κ1) is 18.8. The largest absolute Gasteiger partial charge is 0.496 e. The molecular formula is C18H14F3N3O5. The number of hydrogen-bond acceptors (Lipinski definition) is 5. The summed E-state index contributed by atoms with van der Waals surface area (Å²) < 4.78 is 51.0. The molecule has 4 rings (SSSR count). The molecular weight excluding hydrogens is 395 g/mol. The minimum atomic E-state index is -4.51. The third-order valence-electron chi connectivity index (χ3n) is 4.74. The Morgan fingerprint density at radius 1 is 1.34 bits per heavy atom. The predicted molar refractivity (Wildman–Crippen MR) is 93.0 cm³/mol. The highest BCUT2D eigenvalue weighted by Gasteiger charge is 2.34. The first-order valence-electron chi connectivity index (χ1n) is 8.47. The first-order valence-corrected chi connectivity index (χ1v) is 8.47. The van der Waals surface area contributed by atoms with Gasteiger partial charge < -0.3 is 18.8 Å². The van der Waals surface area contributed by atoms with Gasteiger partial charge in [-0.3, -0.25) is 0 Å². The van der Waals surface area contributed by atoms with E-state index in [1.807, 2.05) is 0 Å². The van der Waals surface area contributed by atoms with Crippen LogP contribution in [0.3, 0.4) is 0 Å². The SMILES string of the molecule is COc1cc2c(cc1-c1n[nH]c(=O)o1)-c1c(CC(F)(F)F)cc(C(=O)O)n1CC2. The van der Waals surface area contributed by atoms with Crippen LogP contribution in [0.4, 0.5) is 13.2 Å².